The van der Waals surface area contributed by atoms with Crippen molar-refractivity contribution in [1.29, 1.82) is 0 Å². The predicted octanol–water partition coefficient (Wildman–Crippen LogP) is 4.33. The summed E-state index contributed by atoms with van der Waals surface area (Å²) in [6.07, 6.45) is 0. The van der Waals surface area contributed by atoms with Crippen molar-refractivity contribution >= 4 is 39.7 Å². The number of anilines is 2. The first-order valence-corrected chi connectivity index (χ1v) is 10.7. The van der Waals surface area contributed by atoms with Crippen LogP contribution in [0, 0.1) is 11.6 Å². The van der Waals surface area contributed by atoms with Crippen LogP contribution < -0.4 is 15.1 Å². The minimum atomic E-state index is -0.562. The molecule has 0 spiro atoms. The maximum Gasteiger partial charge on any atom is 0.271 e. The Bertz CT molecular complexity index is 1050. The molecule has 0 bridgehead atoms. The molecule has 1 fully saturated rings. The van der Waals surface area contributed by atoms with Gasteiger partial charge in [0.05, 0.1) is 0 Å². The number of carbonyl (C=O) groups is 1. The van der Waals surface area contributed by atoms with Crippen molar-refractivity contribution in [3.63, 3.8) is 0 Å². The van der Waals surface area contributed by atoms with Gasteiger partial charge in [-0.1, -0.05) is 17.7 Å². The zero-order valence-electron chi connectivity index (χ0n) is 15.9. The summed E-state index contributed by atoms with van der Waals surface area (Å²) in [5.41, 5.74) is 1.45. The molecule has 1 aliphatic heterocycles. The van der Waals surface area contributed by atoms with Crippen LogP contribution in [0.15, 0.2) is 47.8 Å². The number of aromatic nitrogens is 1. The van der Waals surface area contributed by atoms with Crippen LogP contribution in [0.5, 0.6) is 0 Å². The molecular formula is C21H19ClF2N4OS. The van der Waals surface area contributed by atoms with Gasteiger partial charge in [-0.3, -0.25) is 4.79 Å². The van der Waals surface area contributed by atoms with Gasteiger partial charge in [-0.15, -0.1) is 11.3 Å². The molecule has 0 atom stereocenters. The van der Waals surface area contributed by atoms with Crippen LogP contribution in [0.4, 0.5) is 19.6 Å². The number of piperazine rings is 1. The predicted molar refractivity (Wildman–Crippen MR) is 116 cm³/mol. The van der Waals surface area contributed by atoms with E-state index in [0.29, 0.717) is 5.02 Å². The van der Waals surface area contributed by atoms with Crippen molar-refractivity contribution in [3.05, 3.63) is 75.8 Å². The van der Waals surface area contributed by atoms with Gasteiger partial charge in [0.25, 0.3) is 5.91 Å². The molecule has 0 radical (unpaired) electrons. The highest BCUT2D eigenvalue weighted by molar-refractivity contribution is 7.13. The van der Waals surface area contributed by atoms with Gasteiger partial charge in [0.15, 0.2) is 5.13 Å². The summed E-state index contributed by atoms with van der Waals surface area (Å²) in [6.45, 7) is 3.08. The zero-order valence-corrected chi connectivity index (χ0v) is 17.5. The summed E-state index contributed by atoms with van der Waals surface area (Å²) in [5.74, 6) is -1.53. The standard InChI is InChI=1S/C21H19ClF2N4OS/c22-15-2-1-3-17(11-15)27-6-8-28(9-7-27)21-26-19(13-30-21)20(29)25-12-14-10-16(23)4-5-18(14)24/h1-5,10-11,13H,6-9,12H2,(H,25,29). The van der Waals surface area contributed by atoms with Crippen molar-refractivity contribution in [2.24, 2.45) is 0 Å². The highest BCUT2D eigenvalue weighted by Gasteiger charge is 2.21. The van der Waals surface area contributed by atoms with Crippen LogP contribution in [-0.2, 0) is 6.54 Å². The summed E-state index contributed by atoms with van der Waals surface area (Å²) in [7, 11) is 0. The Morgan fingerprint density at radius 2 is 1.87 bits per heavy atom. The third kappa shape index (κ3) is 4.71. The number of hydrogen-bond donors (Lipinski definition) is 1. The third-order valence-electron chi connectivity index (χ3n) is 4.90. The van der Waals surface area contributed by atoms with Gasteiger partial charge in [-0.05, 0) is 36.4 Å². The van der Waals surface area contributed by atoms with Crippen LogP contribution in [0.2, 0.25) is 5.02 Å². The van der Waals surface area contributed by atoms with Gasteiger partial charge in [0.1, 0.15) is 17.3 Å². The lowest BCUT2D eigenvalue weighted by Crippen LogP contribution is -2.46. The number of benzene rings is 2. The fraction of sp³-hybridized carbons (Fsp3) is 0.238. The lowest BCUT2D eigenvalue weighted by molar-refractivity contribution is 0.0946. The number of carbonyl (C=O) groups excluding carboxylic acids is 1. The number of thiazole rings is 1. The van der Waals surface area contributed by atoms with E-state index in [-0.39, 0.29) is 17.8 Å². The minimum absolute atomic E-state index is 0.0935. The van der Waals surface area contributed by atoms with Gasteiger partial charge in [-0.2, -0.15) is 0 Å². The van der Waals surface area contributed by atoms with E-state index in [1.807, 2.05) is 24.3 Å². The molecule has 1 saturated heterocycles. The van der Waals surface area contributed by atoms with Crippen molar-refractivity contribution < 1.29 is 13.6 Å². The van der Waals surface area contributed by atoms with Gasteiger partial charge in [0, 0.05) is 54.4 Å². The molecule has 0 saturated carbocycles. The number of nitrogens with zero attached hydrogens (tertiary/aromatic N) is 3. The van der Waals surface area contributed by atoms with Crippen molar-refractivity contribution in [3.8, 4) is 0 Å². The highest BCUT2D eigenvalue weighted by Crippen LogP contribution is 2.25. The summed E-state index contributed by atoms with van der Waals surface area (Å²) in [6, 6.07) is 10.9. The number of hydrogen-bond acceptors (Lipinski definition) is 5. The lowest BCUT2D eigenvalue weighted by Gasteiger charge is -2.36. The molecule has 3 aromatic rings. The van der Waals surface area contributed by atoms with E-state index in [1.165, 1.54) is 11.3 Å². The summed E-state index contributed by atoms with van der Waals surface area (Å²) in [5, 5.41) is 5.75. The van der Waals surface area contributed by atoms with Crippen LogP contribution >= 0.6 is 22.9 Å². The van der Waals surface area contributed by atoms with Crippen LogP contribution in [-0.4, -0.2) is 37.1 Å². The van der Waals surface area contributed by atoms with Crippen molar-refractivity contribution in [2.75, 3.05) is 36.0 Å². The molecule has 156 valence electrons. The van der Waals surface area contributed by atoms with E-state index < -0.39 is 17.5 Å². The second-order valence-electron chi connectivity index (χ2n) is 6.89. The molecule has 1 aromatic heterocycles. The molecule has 2 aromatic carbocycles. The smallest absolute Gasteiger partial charge is 0.271 e. The molecule has 0 aliphatic carbocycles. The largest absolute Gasteiger partial charge is 0.368 e. The number of rotatable bonds is 5. The van der Waals surface area contributed by atoms with Crippen LogP contribution in [0.1, 0.15) is 16.1 Å². The first-order chi connectivity index (χ1) is 14.5. The number of nitrogens with one attached hydrogen (secondary N) is 1. The van der Waals surface area contributed by atoms with E-state index in [1.54, 1.807) is 5.38 Å². The monoisotopic (exact) mass is 448 g/mol. The Hall–Kier alpha value is -2.71. The molecule has 0 unspecified atom stereocenters. The molecule has 5 nitrogen and oxygen atoms in total. The normalized spacial score (nSPS) is 14.1. The molecular weight excluding hydrogens is 430 g/mol. The first kappa shape index (κ1) is 20.6. The minimum Gasteiger partial charge on any atom is -0.368 e. The fourth-order valence-electron chi connectivity index (χ4n) is 3.29. The first-order valence-electron chi connectivity index (χ1n) is 9.43. The highest BCUT2D eigenvalue weighted by atomic mass is 35.5. The molecule has 4 rings (SSSR count). The maximum absolute atomic E-state index is 13.7. The van der Waals surface area contributed by atoms with E-state index in [4.69, 9.17) is 11.6 Å². The SMILES string of the molecule is O=C(NCc1cc(F)ccc1F)c1csc(N2CCN(c3cccc(Cl)c3)CC2)n1. The fourth-order valence-corrected chi connectivity index (χ4v) is 4.33. The molecule has 1 N–H and O–H groups in total. The Kier molecular flexibility index (Phi) is 6.15. The Morgan fingerprint density at radius 3 is 2.63 bits per heavy atom. The van der Waals surface area contributed by atoms with E-state index in [0.717, 1.165) is 55.2 Å². The third-order valence-corrected chi connectivity index (χ3v) is 6.03. The Balaban J connectivity index is 1.34. The second kappa shape index (κ2) is 8.97. The second-order valence-corrected chi connectivity index (χ2v) is 8.16. The molecule has 2 heterocycles. The van der Waals surface area contributed by atoms with Crippen LogP contribution in [0.3, 0.4) is 0 Å². The van der Waals surface area contributed by atoms with Crippen LogP contribution in [0.25, 0.3) is 0 Å². The van der Waals surface area contributed by atoms with Gasteiger partial charge >= 0.3 is 0 Å². The summed E-state index contributed by atoms with van der Waals surface area (Å²) >= 11 is 7.47. The summed E-state index contributed by atoms with van der Waals surface area (Å²) < 4.78 is 27.0. The maximum atomic E-state index is 13.7. The molecule has 1 amide bonds. The Labute approximate surface area is 181 Å². The topological polar surface area (TPSA) is 48.5 Å². The Morgan fingerprint density at radius 1 is 1.10 bits per heavy atom. The average Bonchev–Trinajstić information content (AvgIpc) is 3.25. The number of amides is 1. The van der Waals surface area contributed by atoms with Crippen molar-refractivity contribution in [1.82, 2.24) is 10.3 Å². The average molecular weight is 449 g/mol. The van der Waals surface area contributed by atoms with Crippen molar-refractivity contribution in [2.45, 2.75) is 6.54 Å². The quantitative estimate of drug-likeness (QED) is 0.631. The molecule has 30 heavy (non-hydrogen) atoms. The summed E-state index contributed by atoms with van der Waals surface area (Å²) in [4.78, 5) is 21.2. The van der Waals surface area contributed by atoms with E-state index >= 15 is 0 Å². The van der Waals surface area contributed by atoms with Gasteiger partial charge < -0.3 is 15.1 Å². The van der Waals surface area contributed by atoms with Gasteiger partial charge in [0.2, 0.25) is 0 Å². The molecule has 9 heteroatoms. The lowest BCUT2D eigenvalue weighted by atomic mass is 10.2. The van der Waals surface area contributed by atoms with Gasteiger partial charge in [-0.25, -0.2) is 13.8 Å². The number of halogens is 3. The van der Waals surface area contributed by atoms with E-state index in [9.17, 15) is 13.6 Å². The zero-order chi connectivity index (χ0) is 21.1. The van der Waals surface area contributed by atoms with E-state index in [2.05, 4.69) is 20.1 Å². The molecule has 1 aliphatic rings.